The van der Waals surface area contributed by atoms with E-state index in [0.29, 0.717) is 28.5 Å². The van der Waals surface area contributed by atoms with Crippen LogP contribution >= 0.6 is 0 Å². The van der Waals surface area contributed by atoms with Gasteiger partial charge in [-0.2, -0.15) is 0 Å². The van der Waals surface area contributed by atoms with Gasteiger partial charge in [0, 0.05) is 11.8 Å². The molecule has 0 fully saturated rings. The van der Waals surface area contributed by atoms with Gasteiger partial charge in [0.05, 0.1) is 31.7 Å². The highest BCUT2D eigenvalue weighted by atomic mass is 16.5. The zero-order chi connectivity index (χ0) is 17.6. The molecule has 2 heterocycles. The third-order valence-electron chi connectivity index (χ3n) is 3.37. The molecule has 2 N–H and O–H groups in total. The Kier molecular flexibility index (Phi) is 4.79. The summed E-state index contributed by atoms with van der Waals surface area (Å²) >= 11 is 0. The molecule has 0 atom stereocenters. The van der Waals surface area contributed by atoms with Gasteiger partial charge in [-0.1, -0.05) is 0 Å². The molecule has 128 valence electrons. The first-order chi connectivity index (χ1) is 12.2. The number of carbonyl (C=O) groups excluding carboxylic acids is 2. The van der Waals surface area contributed by atoms with E-state index in [0.717, 1.165) is 0 Å². The number of nitrogens with zero attached hydrogens (tertiary/aromatic N) is 1. The largest absolute Gasteiger partial charge is 0.496 e. The van der Waals surface area contributed by atoms with Gasteiger partial charge in [-0.05, 0) is 24.3 Å². The molecule has 8 heteroatoms. The highest BCUT2D eigenvalue weighted by Crippen LogP contribution is 2.32. The molecule has 0 bridgehead atoms. The van der Waals surface area contributed by atoms with Crippen LogP contribution in [0.1, 0.15) is 5.76 Å². The lowest BCUT2D eigenvalue weighted by Crippen LogP contribution is -2.34. The highest BCUT2D eigenvalue weighted by Gasteiger charge is 2.16. The minimum Gasteiger partial charge on any atom is -0.496 e. The number of benzene rings is 1. The number of hydrogen-bond donors (Lipinski definition) is 2. The second-order valence-electron chi connectivity index (χ2n) is 5.00. The van der Waals surface area contributed by atoms with Crippen molar-refractivity contribution in [3.63, 3.8) is 0 Å². The van der Waals surface area contributed by atoms with Gasteiger partial charge in [-0.25, -0.2) is 4.98 Å². The Hall–Kier alpha value is -3.55. The number of hydrogen-bond acceptors (Lipinski definition) is 6. The topological polar surface area (TPSA) is 107 Å². The normalized spacial score (nSPS) is 10.3. The Morgan fingerprint density at radius 2 is 2.08 bits per heavy atom. The molecular formula is C17H15N3O5. The number of aromatic nitrogens is 1. The molecule has 0 aliphatic carbocycles. The number of oxazole rings is 1. The summed E-state index contributed by atoms with van der Waals surface area (Å²) in [6.45, 7) is 0.132. The number of nitrogens with one attached hydrogen (secondary N) is 2. The van der Waals surface area contributed by atoms with Crippen LogP contribution in [0.15, 0.2) is 58.0 Å². The zero-order valence-corrected chi connectivity index (χ0v) is 13.3. The summed E-state index contributed by atoms with van der Waals surface area (Å²) in [5.74, 6) is 0.00592. The third-order valence-corrected chi connectivity index (χ3v) is 3.37. The number of amides is 2. The number of anilines is 1. The van der Waals surface area contributed by atoms with E-state index in [1.54, 1.807) is 36.5 Å². The fourth-order valence-electron chi connectivity index (χ4n) is 2.17. The van der Waals surface area contributed by atoms with Gasteiger partial charge in [0.25, 0.3) is 0 Å². The minimum atomic E-state index is -0.791. The molecule has 2 aromatic heterocycles. The van der Waals surface area contributed by atoms with Crippen LogP contribution in [-0.4, -0.2) is 23.9 Å². The van der Waals surface area contributed by atoms with E-state index < -0.39 is 11.8 Å². The summed E-state index contributed by atoms with van der Waals surface area (Å²) in [6.07, 6.45) is 4.36. The van der Waals surface area contributed by atoms with Gasteiger partial charge in [0.15, 0.2) is 12.2 Å². The molecule has 0 spiro atoms. The average Bonchev–Trinajstić information content (AvgIpc) is 3.33. The molecule has 3 rings (SSSR count). The van der Waals surface area contributed by atoms with Crippen LogP contribution in [0.4, 0.5) is 5.69 Å². The van der Waals surface area contributed by atoms with Crippen LogP contribution in [0, 0.1) is 0 Å². The van der Waals surface area contributed by atoms with Crippen molar-refractivity contribution >= 4 is 17.5 Å². The number of furan rings is 1. The number of methoxy groups -OCH3 is 1. The molecule has 8 nitrogen and oxygen atoms in total. The maximum absolute atomic E-state index is 12.0. The van der Waals surface area contributed by atoms with Crippen LogP contribution in [0.5, 0.6) is 5.75 Å². The zero-order valence-electron chi connectivity index (χ0n) is 13.3. The second-order valence-corrected chi connectivity index (χ2v) is 5.00. The lowest BCUT2D eigenvalue weighted by molar-refractivity contribution is -0.136. The maximum atomic E-state index is 12.0. The molecule has 0 saturated carbocycles. The van der Waals surface area contributed by atoms with Crippen molar-refractivity contribution in [2.75, 3.05) is 12.4 Å². The minimum absolute atomic E-state index is 0.132. The Morgan fingerprint density at radius 1 is 1.20 bits per heavy atom. The van der Waals surface area contributed by atoms with E-state index in [9.17, 15) is 9.59 Å². The highest BCUT2D eigenvalue weighted by molar-refractivity contribution is 6.39. The average molecular weight is 341 g/mol. The Balaban J connectivity index is 1.65. The van der Waals surface area contributed by atoms with Crippen LogP contribution in [0.2, 0.25) is 0 Å². The van der Waals surface area contributed by atoms with Gasteiger partial charge in [0.1, 0.15) is 11.5 Å². The van der Waals surface area contributed by atoms with E-state index in [1.165, 1.54) is 19.8 Å². The third kappa shape index (κ3) is 3.86. The first kappa shape index (κ1) is 16.3. The summed E-state index contributed by atoms with van der Waals surface area (Å²) in [5, 5.41) is 4.98. The van der Waals surface area contributed by atoms with Crippen molar-refractivity contribution in [3.8, 4) is 17.1 Å². The lowest BCUT2D eigenvalue weighted by Gasteiger charge is -2.10. The summed E-state index contributed by atoms with van der Waals surface area (Å²) < 4.78 is 15.6. The summed E-state index contributed by atoms with van der Waals surface area (Å²) in [5.41, 5.74) is 1.10. The Morgan fingerprint density at radius 3 is 2.76 bits per heavy atom. The first-order valence-corrected chi connectivity index (χ1v) is 7.36. The molecule has 1 aromatic carbocycles. The predicted molar refractivity (Wildman–Crippen MR) is 87.7 cm³/mol. The first-order valence-electron chi connectivity index (χ1n) is 7.36. The van der Waals surface area contributed by atoms with E-state index in [2.05, 4.69) is 15.6 Å². The van der Waals surface area contributed by atoms with Crippen molar-refractivity contribution in [3.05, 3.63) is 54.9 Å². The van der Waals surface area contributed by atoms with Crippen molar-refractivity contribution in [1.82, 2.24) is 10.3 Å². The van der Waals surface area contributed by atoms with Crippen LogP contribution < -0.4 is 15.4 Å². The molecule has 25 heavy (non-hydrogen) atoms. The van der Waals surface area contributed by atoms with E-state index in [-0.39, 0.29) is 6.54 Å². The smallest absolute Gasteiger partial charge is 0.313 e. The van der Waals surface area contributed by atoms with Crippen molar-refractivity contribution in [1.29, 1.82) is 0 Å². The van der Waals surface area contributed by atoms with Crippen LogP contribution in [-0.2, 0) is 16.1 Å². The molecule has 0 aliphatic rings. The van der Waals surface area contributed by atoms with E-state index in [4.69, 9.17) is 13.6 Å². The molecule has 3 aromatic rings. The van der Waals surface area contributed by atoms with Crippen molar-refractivity contribution in [2.24, 2.45) is 0 Å². The maximum Gasteiger partial charge on any atom is 0.313 e. The molecule has 0 saturated heterocycles. The Bertz CT molecular complexity index is 857. The molecule has 0 aliphatic heterocycles. The fraction of sp³-hybridized carbons (Fsp3) is 0.118. The van der Waals surface area contributed by atoms with Gasteiger partial charge in [-0.15, -0.1) is 0 Å². The summed E-state index contributed by atoms with van der Waals surface area (Å²) in [4.78, 5) is 27.7. The predicted octanol–water partition coefficient (Wildman–Crippen LogP) is 2.20. The standard InChI is InChI=1S/C17H15N3O5/c1-23-14-7-11(4-5-13(14)15-9-18-10-25-15)20-17(22)16(21)19-8-12-3-2-6-24-12/h2-7,9-10H,8H2,1H3,(H,19,21)(H,20,22). The molecule has 0 radical (unpaired) electrons. The molecular weight excluding hydrogens is 326 g/mol. The number of rotatable bonds is 5. The van der Waals surface area contributed by atoms with Crippen LogP contribution in [0.25, 0.3) is 11.3 Å². The molecule has 0 unspecified atom stereocenters. The van der Waals surface area contributed by atoms with E-state index in [1.807, 2.05) is 0 Å². The number of carbonyl (C=O) groups is 2. The van der Waals surface area contributed by atoms with Crippen molar-refractivity contribution < 1.29 is 23.2 Å². The fourth-order valence-corrected chi connectivity index (χ4v) is 2.17. The van der Waals surface area contributed by atoms with Gasteiger partial charge in [-0.3, -0.25) is 9.59 Å². The van der Waals surface area contributed by atoms with Gasteiger partial charge < -0.3 is 24.2 Å². The SMILES string of the molecule is COc1cc(NC(=O)C(=O)NCc2ccco2)ccc1-c1cnco1. The molecule has 2 amide bonds. The van der Waals surface area contributed by atoms with Crippen molar-refractivity contribution in [2.45, 2.75) is 6.54 Å². The monoisotopic (exact) mass is 341 g/mol. The lowest BCUT2D eigenvalue weighted by atomic mass is 10.1. The summed E-state index contributed by atoms with van der Waals surface area (Å²) in [7, 11) is 1.50. The Labute approximate surface area is 142 Å². The number of ether oxygens (including phenoxy) is 1. The summed E-state index contributed by atoms with van der Waals surface area (Å²) in [6, 6.07) is 8.33. The second kappa shape index (κ2) is 7.35. The van der Waals surface area contributed by atoms with E-state index >= 15 is 0 Å². The quantitative estimate of drug-likeness (QED) is 0.689. The van der Waals surface area contributed by atoms with Crippen LogP contribution in [0.3, 0.4) is 0 Å². The van der Waals surface area contributed by atoms with Gasteiger partial charge in [0.2, 0.25) is 0 Å². The van der Waals surface area contributed by atoms with Gasteiger partial charge >= 0.3 is 11.8 Å².